The van der Waals surface area contributed by atoms with E-state index in [2.05, 4.69) is 25.7 Å². The van der Waals surface area contributed by atoms with Gasteiger partial charge in [-0.15, -0.1) is 10.2 Å². The van der Waals surface area contributed by atoms with E-state index in [1.165, 1.54) is 11.8 Å². The van der Waals surface area contributed by atoms with E-state index >= 15 is 0 Å². The van der Waals surface area contributed by atoms with Gasteiger partial charge in [-0.3, -0.25) is 9.89 Å². The summed E-state index contributed by atoms with van der Waals surface area (Å²) in [7, 11) is 3.08. The largest absolute Gasteiger partial charge is 0.493 e. The van der Waals surface area contributed by atoms with Gasteiger partial charge in [-0.2, -0.15) is 5.10 Å². The van der Waals surface area contributed by atoms with Gasteiger partial charge < -0.3 is 20.6 Å². The van der Waals surface area contributed by atoms with Gasteiger partial charge in [0, 0.05) is 22.3 Å². The molecule has 2 aromatic carbocycles. The Balaban J connectivity index is 1.40. The van der Waals surface area contributed by atoms with Crippen LogP contribution in [0.5, 0.6) is 11.5 Å². The van der Waals surface area contributed by atoms with E-state index in [4.69, 9.17) is 26.9 Å². The highest BCUT2D eigenvalue weighted by molar-refractivity contribution is 7.99. The molecule has 0 saturated carbocycles. The van der Waals surface area contributed by atoms with Gasteiger partial charge in [-0.05, 0) is 30.3 Å². The van der Waals surface area contributed by atoms with Crippen molar-refractivity contribution >= 4 is 35.0 Å². The molecule has 0 aliphatic carbocycles. The van der Waals surface area contributed by atoms with Crippen LogP contribution in [-0.4, -0.2) is 51.0 Å². The average molecular weight is 486 g/mol. The highest BCUT2D eigenvalue weighted by atomic mass is 35.5. The molecule has 12 heteroatoms. The topological polar surface area (TPSA) is 133 Å². The molecule has 0 aliphatic rings. The van der Waals surface area contributed by atoms with E-state index in [-0.39, 0.29) is 11.7 Å². The van der Waals surface area contributed by atoms with Gasteiger partial charge in [-0.1, -0.05) is 35.5 Å². The molecule has 170 valence electrons. The number of methoxy groups -OCH3 is 2. The van der Waals surface area contributed by atoms with Crippen molar-refractivity contribution in [2.75, 3.05) is 31.1 Å². The van der Waals surface area contributed by atoms with Crippen LogP contribution in [0.1, 0.15) is 0 Å². The van der Waals surface area contributed by atoms with E-state index in [0.717, 1.165) is 17.3 Å². The van der Waals surface area contributed by atoms with Gasteiger partial charge in [-0.25, -0.2) is 4.68 Å². The van der Waals surface area contributed by atoms with Crippen LogP contribution < -0.4 is 20.6 Å². The smallest absolute Gasteiger partial charge is 0.234 e. The maximum atomic E-state index is 12.4. The third kappa shape index (κ3) is 5.04. The number of nitrogens with zero attached hydrogens (tertiary/aromatic N) is 4. The van der Waals surface area contributed by atoms with Crippen molar-refractivity contribution in [3.63, 3.8) is 0 Å². The number of hydrogen-bond acceptors (Lipinski definition) is 8. The van der Waals surface area contributed by atoms with E-state index in [1.54, 1.807) is 37.4 Å². The molecule has 0 aliphatic heterocycles. The first-order valence-corrected chi connectivity index (χ1v) is 11.0. The number of benzene rings is 2. The maximum Gasteiger partial charge on any atom is 0.234 e. The van der Waals surface area contributed by atoms with Crippen molar-refractivity contribution in [1.29, 1.82) is 0 Å². The Hall–Kier alpha value is -3.70. The van der Waals surface area contributed by atoms with Gasteiger partial charge in [0.1, 0.15) is 5.69 Å². The summed E-state index contributed by atoms with van der Waals surface area (Å²) in [5.74, 6) is 7.50. The monoisotopic (exact) mass is 485 g/mol. The number of halogens is 1. The van der Waals surface area contributed by atoms with Gasteiger partial charge >= 0.3 is 0 Å². The number of amides is 1. The zero-order chi connectivity index (χ0) is 23.4. The Labute approximate surface area is 198 Å². The van der Waals surface area contributed by atoms with Crippen LogP contribution in [0.4, 0.5) is 5.69 Å². The Morgan fingerprint density at radius 1 is 1.12 bits per heavy atom. The maximum absolute atomic E-state index is 12.4. The van der Waals surface area contributed by atoms with Gasteiger partial charge in [0.15, 0.2) is 11.5 Å². The number of aromatic nitrogens is 5. The van der Waals surface area contributed by atoms with Crippen LogP contribution in [0.15, 0.2) is 53.7 Å². The number of nitrogens with one attached hydrogen (secondary N) is 2. The van der Waals surface area contributed by atoms with E-state index in [9.17, 15) is 4.79 Å². The standard InChI is InChI=1S/C21H20ClN7O3S/c1-31-17-8-7-14(9-18(17)32-2)24-19(30)11-33-21-28-27-20(29(21)23)16-10-15(25-26-16)12-3-5-13(22)6-4-12/h3-10H,11,23H2,1-2H3,(H,24,30)(H,25,26). The molecule has 4 rings (SSSR count). The molecule has 0 bridgehead atoms. The highest BCUT2D eigenvalue weighted by Crippen LogP contribution is 2.30. The lowest BCUT2D eigenvalue weighted by Gasteiger charge is -2.10. The number of anilines is 1. The summed E-state index contributed by atoms with van der Waals surface area (Å²) in [5, 5.41) is 19.2. The van der Waals surface area contributed by atoms with Crippen molar-refractivity contribution in [3.05, 3.63) is 53.6 Å². The zero-order valence-electron chi connectivity index (χ0n) is 17.7. The molecular formula is C21H20ClN7O3S. The Kier molecular flexibility index (Phi) is 6.71. The molecule has 2 heterocycles. The van der Waals surface area contributed by atoms with Crippen molar-refractivity contribution in [3.8, 4) is 34.3 Å². The van der Waals surface area contributed by atoms with E-state index in [0.29, 0.717) is 44.6 Å². The summed E-state index contributed by atoms with van der Waals surface area (Å²) >= 11 is 7.10. The number of rotatable bonds is 8. The second-order valence-electron chi connectivity index (χ2n) is 6.76. The summed E-state index contributed by atoms with van der Waals surface area (Å²) in [4.78, 5) is 12.4. The summed E-state index contributed by atoms with van der Waals surface area (Å²) in [6.07, 6.45) is 0. The number of H-pyrrole nitrogens is 1. The third-order valence-corrected chi connectivity index (χ3v) is 5.82. The molecule has 2 aromatic heterocycles. The molecule has 0 spiro atoms. The first kappa shape index (κ1) is 22.5. The number of carbonyl (C=O) groups excluding carboxylic acids is 1. The van der Waals surface area contributed by atoms with Crippen LogP contribution in [0, 0.1) is 0 Å². The first-order chi connectivity index (χ1) is 16.0. The van der Waals surface area contributed by atoms with Crippen LogP contribution in [0.2, 0.25) is 5.02 Å². The number of aromatic amines is 1. The zero-order valence-corrected chi connectivity index (χ0v) is 19.3. The molecule has 4 aromatic rings. The third-order valence-electron chi connectivity index (χ3n) is 4.62. The lowest BCUT2D eigenvalue weighted by molar-refractivity contribution is -0.113. The fourth-order valence-electron chi connectivity index (χ4n) is 3.01. The van der Waals surface area contributed by atoms with Gasteiger partial charge in [0.05, 0.1) is 25.7 Å². The van der Waals surface area contributed by atoms with Crippen LogP contribution in [0.25, 0.3) is 22.8 Å². The number of carbonyl (C=O) groups is 1. The summed E-state index contributed by atoms with van der Waals surface area (Å²) in [5.41, 5.74) is 2.79. The summed E-state index contributed by atoms with van der Waals surface area (Å²) in [6.45, 7) is 0. The lowest BCUT2D eigenvalue weighted by atomic mass is 10.1. The number of thioether (sulfide) groups is 1. The molecule has 0 fully saturated rings. The van der Waals surface area contributed by atoms with Gasteiger partial charge in [0.25, 0.3) is 0 Å². The minimum Gasteiger partial charge on any atom is -0.493 e. The second kappa shape index (κ2) is 9.84. The van der Waals surface area contributed by atoms with Crippen molar-refractivity contribution < 1.29 is 14.3 Å². The SMILES string of the molecule is COc1ccc(NC(=O)CSc2nnc(-c3cc(-c4ccc(Cl)cc4)n[nH]3)n2N)cc1OC. The van der Waals surface area contributed by atoms with E-state index < -0.39 is 0 Å². The number of hydrogen-bond donors (Lipinski definition) is 3. The van der Waals surface area contributed by atoms with Crippen molar-refractivity contribution in [2.24, 2.45) is 0 Å². The van der Waals surface area contributed by atoms with Crippen molar-refractivity contribution in [2.45, 2.75) is 5.16 Å². The van der Waals surface area contributed by atoms with Crippen LogP contribution in [0.3, 0.4) is 0 Å². The Morgan fingerprint density at radius 2 is 1.88 bits per heavy atom. The molecule has 0 radical (unpaired) electrons. The van der Waals surface area contributed by atoms with Crippen LogP contribution >= 0.6 is 23.4 Å². The quantitative estimate of drug-likeness (QED) is 0.255. The number of nitrogen functional groups attached to an aromatic ring is 1. The molecule has 4 N–H and O–H groups in total. The molecular weight excluding hydrogens is 466 g/mol. The van der Waals surface area contributed by atoms with Crippen molar-refractivity contribution in [1.82, 2.24) is 25.1 Å². The Bertz CT molecular complexity index is 1270. The molecule has 1 amide bonds. The predicted octanol–water partition coefficient (Wildman–Crippen LogP) is 3.45. The minimum atomic E-state index is -0.233. The molecule has 0 atom stereocenters. The summed E-state index contributed by atoms with van der Waals surface area (Å²) < 4.78 is 11.8. The molecule has 33 heavy (non-hydrogen) atoms. The summed E-state index contributed by atoms with van der Waals surface area (Å²) in [6, 6.07) is 14.3. The van der Waals surface area contributed by atoms with Crippen LogP contribution in [-0.2, 0) is 4.79 Å². The number of nitrogens with two attached hydrogens (primary N) is 1. The number of ether oxygens (including phenoxy) is 2. The average Bonchev–Trinajstić information content (AvgIpc) is 3.45. The normalized spacial score (nSPS) is 10.8. The molecule has 0 unspecified atom stereocenters. The molecule has 0 saturated heterocycles. The fraction of sp³-hybridized carbons (Fsp3) is 0.143. The fourth-order valence-corrected chi connectivity index (χ4v) is 3.79. The second-order valence-corrected chi connectivity index (χ2v) is 8.14. The lowest BCUT2D eigenvalue weighted by Crippen LogP contribution is -2.16. The Morgan fingerprint density at radius 3 is 2.61 bits per heavy atom. The highest BCUT2D eigenvalue weighted by Gasteiger charge is 2.17. The predicted molar refractivity (Wildman–Crippen MR) is 127 cm³/mol. The van der Waals surface area contributed by atoms with E-state index in [1.807, 2.05) is 18.2 Å². The van der Waals surface area contributed by atoms with Gasteiger partial charge in [0.2, 0.25) is 16.9 Å². The minimum absolute atomic E-state index is 0.0860. The first-order valence-electron chi connectivity index (χ1n) is 9.65. The molecule has 10 nitrogen and oxygen atoms in total.